The van der Waals surface area contributed by atoms with E-state index in [1.807, 2.05) is 0 Å². The zero-order chi connectivity index (χ0) is 11.2. The lowest BCUT2D eigenvalue weighted by Crippen LogP contribution is -2.40. The molecule has 0 bridgehead atoms. The fourth-order valence-corrected chi connectivity index (χ4v) is 4.05. The molecular weight excluding hydrogens is 218 g/mol. The maximum atomic E-state index is 5.76. The fourth-order valence-electron chi connectivity index (χ4n) is 2.82. The summed E-state index contributed by atoms with van der Waals surface area (Å²) in [6.45, 7) is 4.32. The Morgan fingerprint density at radius 1 is 1.19 bits per heavy atom. The van der Waals surface area contributed by atoms with Crippen molar-refractivity contribution in [2.45, 2.75) is 62.8 Å². The Kier molecular flexibility index (Phi) is 5.46. The molecule has 2 nitrogen and oxygen atoms in total. The van der Waals surface area contributed by atoms with E-state index in [0.29, 0.717) is 6.10 Å². The quantitative estimate of drug-likeness (QED) is 0.802. The molecule has 2 fully saturated rings. The van der Waals surface area contributed by atoms with E-state index >= 15 is 0 Å². The summed E-state index contributed by atoms with van der Waals surface area (Å²) >= 11 is 2.13. The van der Waals surface area contributed by atoms with Gasteiger partial charge in [0.1, 0.15) is 0 Å². The summed E-state index contributed by atoms with van der Waals surface area (Å²) in [5, 5.41) is 4.60. The minimum Gasteiger partial charge on any atom is -0.377 e. The van der Waals surface area contributed by atoms with E-state index in [-0.39, 0.29) is 0 Å². The van der Waals surface area contributed by atoms with Crippen molar-refractivity contribution >= 4 is 11.8 Å². The molecule has 2 aliphatic rings. The highest BCUT2D eigenvalue weighted by atomic mass is 32.2. The van der Waals surface area contributed by atoms with E-state index in [1.54, 1.807) is 0 Å². The number of hydrogen-bond acceptors (Lipinski definition) is 3. The summed E-state index contributed by atoms with van der Waals surface area (Å²) in [6.07, 6.45) is 8.53. The van der Waals surface area contributed by atoms with Gasteiger partial charge < -0.3 is 10.1 Å². The lowest BCUT2D eigenvalue weighted by Gasteiger charge is -2.26. The Morgan fingerprint density at radius 2 is 2.12 bits per heavy atom. The van der Waals surface area contributed by atoms with Gasteiger partial charge in [0.2, 0.25) is 0 Å². The topological polar surface area (TPSA) is 21.3 Å². The van der Waals surface area contributed by atoms with E-state index in [1.165, 1.54) is 44.3 Å². The lowest BCUT2D eigenvalue weighted by atomic mass is 10.1. The molecule has 2 rings (SSSR count). The highest BCUT2D eigenvalue weighted by Gasteiger charge is 2.27. The first-order valence-electron chi connectivity index (χ1n) is 6.86. The minimum atomic E-state index is 0.488. The van der Waals surface area contributed by atoms with Crippen LogP contribution in [0.25, 0.3) is 0 Å². The van der Waals surface area contributed by atoms with E-state index in [4.69, 9.17) is 4.74 Å². The Morgan fingerprint density at radius 3 is 2.88 bits per heavy atom. The Labute approximate surface area is 104 Å². The molecule has 3 atom stereocenters. The zero-order valence-corrected chi connectivity index (χ0v) is 11.2. The van der Waals surface area contributed by atoms with Crippen LogP contribution in [0.4, 0.5) is 0 Å². The van der Waals surface area contributed by atoms with Gasteiger partial charge in [-0.3, -0.25) is 0 Å². The van der Waals surface area contributed by atoms with Gasteiger partial charge in [0.15, 0.2) is 0 Å². The SMILES string of the molecule is CCSC1CCCC1NCC1CCCCO1. The summed E-state index contributed by atoms with van der Waals surface area (Å²) in [5.74, 6) is 1.25. The summed E-state index contributed by atoms with van der Waals surface area (Å²) in [4.78, 5) is 0. The fraction of sp³-hybridized carbons (Fsp3) is 1.00. The van der Waals surface area contributed by atoms with Gasteiger partial charge in [-0.25, -0.2) is 0 Å². The van der Waals surface area contributed by atoms with Gasteiger partial charge in [-0.1, -0.05) is 13.3 Å². The van der Waals surface area contributed by atoms with Crippen LogP contribution in [-0.2, 0) is 4.74 Å². The Balaban J connectivity index is 1.67. The van der Waals surface area contributed by atoms with Crippen molar-refractivity contribution in [2.75, 3.05) is 18.9 Å². The van der Waals surface area contributed by atoms with Crippen molar-refractivity contribution in [3.8, 4) is 0 Å². The largest absolute Gasteiger partial charge is 0.377 e. The van der Waals surface area contributed by atoms with Crippen LogP contribution in [0.1, 0.15) is 45.4 Å². The molecule has 1 N–H and O–H groups in total. The number of hydrogen-bond donors (Lipinski definition) is 1. The molecule has 0 aromatic carbocycles. The van der Waals surface area contributed by atoms with Gasteiger partial charge in [0.05, 0.1) is 6.10 Å². The van der Waals surface area contributed by atoms with Crippen LogP contribution in [0.2, 0.25) is 0 Å². The minimum absolute atomic E-state index is 0.488. The van der Waals surface area contributed by atoms with Gasteiger partial charge in [0, 0.05) is 24.4 Å². The van der Waals surface area contributed by atoms with Gasteiger partial charge in [-0.15, -0.1) is 0 Å². The molecule has 94 valence electrons. The lowest BCUT2D eigenvalue weighted by molar-refractivity contribution is 0.0155. The molecule has 3 unspecified atom stereocenters. The molecule has 1 heterocycles. The highest BCUT2D eigenvalue weighted by molar-refractivity contribution is 7.99. The van der Waals surface area contributed by atoms with Crippen LogP contribution in [0.5, 0.6) is 0 Å². The molecule has 0 amide bonds. The normalized spacial score (nSPS) is 35.4. The Hall–Kier alpha value is 0.270. The molecule has 0 aromatic rings. The van der Waals surface area contributed by atoms with Crippen molar-refractivity contribution in [3.05, 3.63) is 0 Å². The number of thioether (sulfide) groups is 1. The monoisotopic (exact) mass is 243 g/mol. The van der Waals surface area contributed by atoms with Crippen molar-refractivity contribution in [1.29, 1.82) is 0 Å². The van der Waals surface area contributed by atoms with Gasteiger partial charge in [-0.05, 0) is 37.9 Å². The zero-order valence-electron chi connectivity index (χ0n) is 10.4. The average molecular weight is 243 g/mol. The second kappa shape index (κ2) is 6.87. The maximum absolute atomic E-state index is 5.76. The van der Waals surface area contributed by atoms with Gasteiger partial charge in [0.25, 0.3) is 0 Å². The van der Waals surface area contributed by atoms with Crippen molar-refractivity contribution < 1.29 is 4.74 Å². The number of nitrogens with one attached hydrogen (secondary N) is 1. The predicted octanol–water partition coefficient (Wildman–Crippen LogP) is 2.82. The molecule has 0 aromatic heterocycles. The summed E-state index contributed by atoms with van der Waals surface area (Å²) in [7, 11) is 0. The third kappa shape index (κ3) is 3.64. The molecule has 1 saturated carbocycles. The molecule has 16 heavy (non-hydrogen) atoms. The van der Waals surface area contributed by atoms with Crippen LogP contribution < -0.4 is 5.32 Å². The second-order valence-corrected chi connectivity index (χ2v) is 6.44. The van der Waals surface area contributed by atoms with Crippen molar-refractivity contribution in [1.82, 2.24) is 5.32 Å². The van der Waals surface area contributed by atoms with Crippen LogP contribution >= 0.6 is 11.8 Å². The Bertz CT molecular complexity index is 194. The van der Waals surface area contributed by atoms with E-state index in [2.05, 4.69) is 24.0 Å². The summed E-state index contributed by atoms with van der Waals surface area (Å²) in [6, 6.07) is 0.746. The van der Waals surface area contributed by atoms with Crippen LogP contribution in [0.3, 0.4) is 0 Å². The molecular formula is C13H25NOS. The van der Waals surface area contributed by atoms with E-state index in [0.717, 1.165) is 24.4 Å². The average Bonchev–Trinajstić information content (AvgIpc) is 2.76. The first kappa shape index (κ1) is 12.7. The van der Waals surface area contributed by atoms with Crippen molar-refractivity contribution in [2.24, 2.45) is 0 Å². The molecule has 3 heteroatoms. The summed E-state index contributed by atoms with van der Waals surface area (Å²) in [5.41, 5.74) is 0. The molecule has 1 saturated heterocycles. The third-order valence-corrected chi connectivity index (χ3v) is 5.04. The standard InChI is InChI=1S/C13H25NOS/c1-2-16-13-8-5-7-12(13)14-10-11-6-3-4-9-15-11/h11-14H,2-10H2,1H3. The van der Waals surface area contributed by atoms with Crippen LogP contribution in [0, 0.1) is 0 Å². The smallest absolute Gasteiger partial charge is 0.0699 e. The first-order valence-corrected chi connectivity index (χ1v) is 7.91. The highest BCUT2D eigenvalue weighted by Crippen LogP contribution is 2.30. The third-order valence-electron chi connectivity index (χ3n) is 3.71. The van der Waals surface area contributed by atoms with E-state index in [9.17, 15) is 0 Å². The van der Waals surface area contributed by atoms with E-state index < -0.39 is 0 Å². The molecule has 0 radical (unpaired) electrons. The maximum Gasteiger partial charge on any atom is 0.0699 e. The second-order valence-electron chi connectivity index (χ2n) is 4.93. The summed E-state index contributed by atoms with van der Waals surface area (Å²) < 4.78 is 5.76. The van der Waals surface area contributed by atoms with Gasteiger partial charge in [-0.2, -0.15) is 11.8 Å². The van der Waals surface area contributed by atoms with Gasteiger partial charge >= 0.3 is 0 Å². The number of rotatable bonds is 5. The first-order chi connectivity index (χ1) is 7.90. The number of ether oxygens (including phenoxy) is 1. The molecule has 1 aliphatic heterocycles. The molecule has 1 aliphatic carbocycles. The predicted molar refractivity (Wildman–Crippen MR) is 71.2 cm³/mol. The molecule has 0 spiro atoms. The van der Waals surface area contributed by atoms with Crippen LogP contribution in [-0.4, -0.2) is 36.3 Å². The van der Waals surface area contributed by atoms with Crippen LogP contribution in [0.15, 0.2) is 0 Å². The van der Waals surface area contributed by atoms with Crippen molar-refractivity contribution in [3.63, 3.8) is 0 Å².